The van der Waals surface area contributed by atoms with Crippen molar-refractivity contribution < 1.29 is 16.8 Å². The lowest BCUT2D eigenvalue weighted by Gasteiger charge is -2.19. The second-order valence-corrected chi connectivity index (χ2v) is 9.41. The summed E-state index contributed by atoms with van der Waals surface area (Å²) in [4.78, 5) is 0. The Morgan fingerprint density at radius 3 is 1.95 bits per heavy atom. The normalized spacial score (nSPS) is 14.8. The summed E-state index contributed by atoms with van der Waals surface area (Å²) < 4.78 is 82.7. The Hall–Kier alpha value is -5.14. The van der Waals surface area contributed by atoms with E-state index in [1.807, 2.05) is 72.8 Å². The molecule has 1 heteroatoms. The standard InChI is InChI=1S/C38H24O/c1-3-12-25(13-4-1)27-22-23-30-33(24-27)36(26-14-5-2-6-15-26)28-16-7-8-17-29(28)37(30)32-19-11-21-35-38(32)31-18-9-10-20-34(31)39-35/h1-24H/i1D,2D,3D,4D,5D,6D,12D,14D,15D. The average Bonchev–Trinajstić information content (AvgIpc) is 3.49. The third kappa shape index (κ3) is 3.41. The topological polar surface area (TPSA) is 13.1 Å². The molecular weight excluding hydrogens is 472 g/mol. The first-order valence-electron chi connectivity index (χ1n) is 17.1. The van der Waals surface area contributed by atoms with Gasteiger partial charge < -0.3 is 4.42 Å². The van der Waals surface area contributed by atoms with E-state index in [4.69, 9.17) is 16.8 Å². The third-order valence-corrected chi connectivity index (χ3v) is 7.31. The summed E-state index contributed by atoms with van der Waals surface area (Å²) in [5.41, 5.74) is 4.46. The molecule has 0 bridgehead atoms. The first kappa shape index (κ1) is 14.7. The van der Waals surface area contributed by atoms with Gasteiger partial charge in [0.1, 0.15) is 11.2 Å². The number of rotatable bonds is 3. The molecule has 7 aromatic carbocycles. The Kier molecular flexibility index (Phi) is 3.29. The van der Waals surface area contributed by atoms with Gasteiger partial charge in [-0.15, -0.1) is 0 Å². The lowest BCUT2D eigenvalue weighted by molar-refractivity contribution is 0.669. The predicted octanol–water partition coefficient (Wildman–Crippen LogP) is 10.9. The van der Waals surface area contributed by atoms with Crippen LogP contribution < -0.4 is 0 Å². The Balaban J connectivity index is 1.60. The third-order valence-electron chi connectivity index (χ3n) is 7.31. The van der Waals surface area contributed by atoms with Crippen LogP contribution in [-0.2, 0) is 0 Å². The zero-order chi connectivity index (χ0) is 33.6. The van der Waals surface area contributed by atoms with Gasteiger partial charge >= 0.3 is 0 Å². The Morgan fingerprint density at radius 1 is 0.436 bits per heavy atom. The molecule has 1 nitrogen and oxygen atoms in total. The first-order chi connectivity index (χ1) is 23.1. The molecule has 0 N–H and O–H groups in total. The summed E-state index contributed by atoms with van der Waals surface area (Å²) in [6, 6.07) is 25.0. The molecule has 8 rings (SSSR count). The van der Waals surface area contributed by atoms with E-state index in [0.717, 1.165) is 38.3 Å². The molecule has 1 heterocycles. The molecule has 0 amide bonds. The number of benzene rings is 7. The zero-order valence-electron chi connectivity index (χ0n) is 29.6. The number of hydrogen-bond acceptors (Lipinski definition) is 1. The second-order valence-electron chi connectivity index (χ2n) is 9.41. The van der Waals surface area contributed by atoms with Gasteiger partial charge in [-0.25, -0.2) is 0 Å². The smallest absolute Gasteiger partial charge is 0.136 e. The van der Waals surface area contributed by atoms with Crippen LogP contribution in [0.2, 0.25) is 0 Å². The van der Waals surface area contributed by atoms with Crippen LogP contribution >= 0.6 is 0 Å². The molecule has 39 heavy (non-hydrogen) atoms. The number of para-hydroxylation sites is 1. The SMILES string of the molecule is [2H]c1cc(-c2ccc3c(-c4cccc5oc6ccccc6c45)c4ccccc4c(-c4c([2H])c([2H])c([2H])c([2H])c4[2H])c3c2)c([2H])c([2H])c1[2H]. The van der Waals surface area contributed by atoms with E-state index in [1.165, 1.54) is 6.07 Å². The van der Waals surface area contributed by atoms with Crippen molar-refractivity contribution in [3.8, 4) is 33.4 Å². The van der Waals surface area contributed by atoms with Crippen molar-refractivity contribution in [3.63, 3.8) is 0 Å². The van der Waals surface area contributed by atoms with Crippen molar-refractivity contribution in [2.75, 3.05) is 0 Å². The molecule has 0 radical (unpaired) electrons. The molecule has 182 valence electrons. The van der Waals surface area contributed by atoms with Crippen LogP contribution in [0.15, 0.2) is 150 Å². The first-order valence-corrected chi connectivity index (χ1v) is 12.6. The van der Waals surface area contributed by atoms with E-state index in [-0.39, 0.29) is 47.4 Å². The van der Waals surface area contributed by atoms with Crippen molar-refractivity contribution in [1.29, 1.82) is 0 Å². The van der Waals surface area contributed by atoms with Crippen LogP contribution in [-0.4, -0.2) is 0 Å². The molecule has 0 aliphatic heterocycles. The maximum atomic E-state index is 8.96. The van der Waals surface area contributed by atoms with Gasteiger partial charge in [-0.2, -0.15) is 0 Å². The monoisotopic (exact) mass is 505 g/mol. The highest BCUT2D eigenvalue weighted by Gasteiger charge is 2.20. The molecule has 8 aromatic rings. The number of furan rings is 1. The fourth-order valence-electron chi connectivity index (χ4n) is 5.70. The fourth-order valence-corrected chi connectivity index (χ4v) is 5.70. The van der Waals surface area contributed by atoms with E-state index >= 15 is 0 Å². The van der Waals surface area contributed by atoms with Crippen LogP contribution in [0.3, 0.4) is 0 Å². The van der Waals surface area contributed by atoms with Crippen LogP contribution in [0.1, 0.15) is 12.3 Å². The minimum Gasteiger partial charge on any atom is -0.456 e. The van der Waals surface area contributed by atoms with Gasteiger partial charge in [0, 0.05) is 10.8 Å². The molecule has 0 saturated heterocycles. The van der Waals surface area contributed by atoms with Gasteiger partial charge in [0.05, 0.1) is 12.3 Å². The number of fused-ring (bicyclic) bond motifs is 5. The van der Waals surface area contributed by atoms with Crippen molar-refractivity contribution in [2.45, 2.75) is 0 Å². The van der Waals surface area contributed by atoms with Gasteiger partial charge in [-0.05, 0) is 73.1 Å². The Labute approximate surface area is 239 Å². The molecule has 0 spiro atoms. The highest BCUT2D eigenvalue weighted by Crippen LogP contribution is 2.47. The Bertz CT molecular complexity index is 2650. The average molecular weight is 506 g/mol. The summed E-state index contributed by atoms with van der Waals surface area (Å²) in [6.07, 6.45) is 0. The van der Waals surface area contributed by atoms with Crippen molar-refractivity contribution in [2.24, 2.45) is 0 Å². The fraction of sp³-hybridized carbons (Fsp3) is 0. The maximum absolute atomic E-state index is 8.96. The van der Waals surface area contributed by atoms with Crippen LogP contribution in [0.4, 0.5) is 0 Å². The van der Waals surface area contributed by atoms with Gasteiger partial charge in [0.15, 0.2) is 0 Å². The number of hydrogen-bond donors (Lipinski definition) is 0. The summed E-state index contributed by atoms with van der Waals surface area (Å²) in [7, 11) is 0. The largest absolute Gasteiger partial charge is 0.456 e. The predicted molar refractivity (Wildman–Crippen MR) is 165 cm³/mol. The van der Waals surface area contributed by atoms with E-state index < -0.39 is 18.1 Å². The Morgan fingerprint density at radius 2 is 1.10 bits per heavy atom. The molecule has 0 aliphatic rings. The highest BCUT2D eigenvalue weighted by atomic mass is 16.3. The minimum atomic E-state index is -0.488. The zero-order valence-corrected chi connectivity index (χ0v) is 20.6. The molecular formula is C38H24O. The van der Waals surface area contributed by atoms with Crippen LogP contribution in [0, 0.1) is 0 Å². The molecule has 1 aromatic heterocycles. The summed E-state index contributed by atoms with van der Waals surface area (Å²) in [6.45, 7) is 0. The van der Waals surface area contributed by atoms with Crippen molar-refractivity contribution in [3.05, 3.63) is 145 Å². The van der Waals surface area contributed by atoms with Gasteiger partial charge in [-0.1, -0.05) is 127 Å². The van der Waals surface area contributed by atoms with E-state index in [1.54, 1.807) is 12.1 Å². The van der Waals surface area contributed by atoms with Crippen LogP contribution in [0.5, 0.6) is 0 Å². The molecule has 0 aliphatic carbocycles. The minimum absolute atomic E-state index is 0.0489. The van der Waals surface area contributed by atoms with Crippen molar-refractivity contribution in [1.82, 2.24) is 0 Å². The molecule has 0 fully saturated rings. The summed E-state index contributed by atoms with van der Waals surface area (Å²) in [5, 5.41) is 4.62. The summed E-state index contributed by atoms with van der Waals surface area (Å²) in [5.74, 6) is 0. The highest BCUT2D eigenvalue weighted by molar-refractivity contribution is 6.26. The molecule has 0 atom stereocenters. The van der Waals surface area contributed by atoms with Gasteiger partial charge in [0.2, 0.25) is 0 Å². The lowest BCUT2D eigenvalue weighted by atomic mass is 9.84. The van der Waals surface area contributed by atoms with E-state index in [2.05, 4.69) is 0 Å². The van der Waals surface area contributed by atoms with Gasteiger partial charge in [0.25, 0.3) is 0 Å². The summed E-state index contributed by atoms with van der Waals surface area (Å²) >= 11 is 0. The maximum Gasteiger partial charge on any atom is 0.136 e. The van der Waals surface area contributed by atoms with Gasteiger partial charge in [-0.3, -0.25) is 0 Å². The van der Waals surface area contributed by atoms with E-state index in [0.29, 0.717) is 27.5 Å². The lowest BCUT2D eigenvalue weighted by Crippen LogP contribution is -1.92. The quantitative estimate of drug-likeness (QED) is 0.218. The second kappa shape index (κ2) is 8.72. The molecule has 0 unspecified atom stereocenters. The van der Waals surface area contributed by atoms with E-state index in [9.17, 15) is 0 Å². The van der Waals surface area contributed by atoms with Crippen molar-refractivity contribution >= 4 is 43.5 Å². The van der Waals surface area contributed by atoms with Crippen LogP contribution in [0.25, 0.3) is 76.9 Å². The molecule has 0 saturated carbocycles.